The number of phenolic OH excluding ortho intramolecular Hbond substituents is 3. The summed E-state index contributed by atoms with van der Waals surface area (Å²) >= 11 is 5.07. The lowest BCUT2D eigenvalue weighted by atomic mass is 9.90. The molecule has 0 fully saturated rings. The molecule has 0 saturated heterocycles. The zero-order chi connectivity index (χ0) is 57.7. The van der Waals surface area contributed by atoms with Crippen molar-refractivity contribution in [1.29, 1.82) is 0 Å². The highest BCUT2D eigenvalue weighted by atomic mass is 35.5. The second-order valence-electron chi connectivity index (χ2n) is 22.5. The molecular formula is C71H79ClN6O6. The third-order valence-corrected chi connectivity index (χ3v) is 16.5. The monoisotopic (exact) mass is 1150 g/mol. The van der Waals surface area contributed by atoms with Crippen molar-refractivity contribution in [1.82, 2.24) is 29.9 Å². The number of rotatable bonds is 15. The van der Waals surface area contributed by atoms with E-state index in [1.165, 1.54) is 114 Å². The lowest BCUT2D eigenvalue weighted by Crippen LogP contribution is -2.07. The molecule has 3 N–H and O–H groups in total. The van der Waals surface area contributed by atoms with Crippen LogP contribution >= 0.6 is 11.6 Å². The standard InChI is InChI=1S/C35H37N3O3.C29H27N3O2.C6H11ClO.CH4/c1-2-3-4-13-32(40)41-29-18-19-30(31(39)22-29)35-37-33(27-16-14-23-9-5-7-11-25(23)20-27)36-34(38-35)28-17-15-24-10-6-8-12-26(24)21-28;33-24-13-14-25(26(34)17-24)29-31-27(22-11-9-18-5-1-3-7-20(18)15-22)30-28(32-29)23-12-10-19-6-2-4-8-21(19)16-23;1-2-3-4-5-6(7)8;/h14-22,39H,2-13H2,1H3;9-17,33-34H,1-8H2;2-5H2,1H3;1H4. The molecule has 12 nitrogen and oxygen atoms in total. The summed E-state index contributed by atoms with van der Waals surface area (Å²) in [6.07, 6.45) is 25.4. The maximum absolute atomic E-state index is 12.2. The van der Waals surface area contributed by atoms with Gasteiger partial charge in [-0.15, -0.1) is 0 Å². The number of benzene rings is 6. The maximum atomic E-state index is 12.2. The molecule has 84 heavy (non-hydrogen) atoms. The van der Waals surface area contributed by atoms with E-state index < -0.39 is 0 Å². The topological polar surface area (TPSA) is 181 Å². The van der Waals surface area contributed by atoms with Gasteiger partial charge in [0.1, 0.15) is 23.0 Å². The van der Waals surface area contributed by atoms with Crippen LogP contribution in [-0.2, 0) is 61.0 Å². The average molecular weight is 1150 g/mol. The number of nitrogens with zero attached hydrogens (tertiary/aromatic N) is 6. The van der Waals surface area contributed by atoms with Crippen LogP contribution in [0.1, 0.15) is 169 Å². The Labute approximate surface area is 500 Å². The second-order valence-corrected chi connectivity index (χ2v) is 22.9. The molecule has 0 spiro atoms. The number of aromatic nitrogens is 6. The first kappa shape index (κ1) is 60.8. The number of hydrogen-bond donors (Lipinski definition) is 3. The normalized spacial score (nSPS) is 13.9. The van der Waals surface area contributed by atoms with Crippen LogP contribution in [0.4, 0.5) is 0 Å². The van der Waals surface area contributed by atoms with Crippen molar-refractivity contribution in [2.45, 2.75) is 175 Å². The van der Waals surface area contributed by atoms with Crippen LogP contribution in [0.25, 0.3) is 68.3 Å². The van der Waals surface area contributed by atoms with Gasteiger partial charge in [-0.25, -0.2) is 29.9 Å². The van der Waals surface area contributed by atoms with E-state index in [4.69, 9.17) is 46.2 Å². The molecule has 8 aromatic rings. The van der Waals surface area contributed by atoms with Crippen LogP contribution in [0.3, 0.4) is 0 Å². The van der Waals surface area contributed by atoms with Crippen LogP contribution in [-0.4, -0.2) is 56.4 Å². The van der Waals surface area contributed by atoms with E-state index in [2.05, 4.69) is 86.6 Å². The van der Waals surface area contributed by atoms with E-state index in [0.717, 1.165) is 112 Å². The number of carbonyl (C=O) groups excluding carboxylic acids is 2. The minimum atomic E-state index is -0.296. The Balaban J connectivity index is 0.000000179. The van der Waals surface area contributed by atoms with E-state index in [-0.39, 0.29) is 35.9 Å². The molecule has 6 aromatic carbocycles. The average Bonchev–Trinajstić information content (AvgIpc) is 3.41. The highest BCUT2D eigenvalue weighted by Crippen LogP contribution is 2.37. The highest BCUT2D eigenvalue weighted by Gasteiger charge is 2.22. The first-order valence-electron chi connectivity index (χ1n) is 30.2. The summed E-state index contributed by atoms with van der Waals surface area (Å²) in [7, 11) is 0. The van der Waals surface area contributed by atoms with Gasteiger partial charge in [-0.2, -0.15) is 0 Å². The first-order valence-corrected chi connectivity index (χ1v) is 30.6. The molecule has 0 unspecified atom stereocenters. The largest absolute Gasteiger partial charge is 0.508 e. The third kappa shape index (κ3) is 15.5. The maximum Gasteiger partial charge on any atom is 0.311 e. The van der Waals surface area contributed by atoms with E-state index in [1.807, 2.05) is 0 Å². The van der Waals surface area contributed by atoms with Crippen molar-refractivity contribution in [3.8, 4) is 91.3 Å². The van der Waals surface area contributed by atoms with Gasteiger partial charge in [0, 0.05) is 47.2 Å². The molecule has 4 aliphatic rings. The number of ether oxygens (including phenoxy) is 1. The van der Waals surface area contributed by atoms with Gasteiger partial charge in [-0.1, -0.05) is 95.5 Å². The summed E-state index contributed by atoms with van der Waals surface area (Å²) in [5.74, 6) is 3.07. The Morgan fingerprint density at radius 2 is 0.738 bits per heavy atom. The number of carbonyl (C=O) groups is 2. The van der Waals surface area contributed by atoms with E-state index >= 15 is 0 Å². The zero-order valence-corrected chi connectivity index (χ0v) is 48.7. The molecule has 0 atom stereocenters. The smallest absolute Gasteiger partial charge is 0.311 e. The molecule has 4 aliphatic carbocycles. The minimum absolute atomic E-state index is 0. The van der Waals surface area contributed by atoms with E-state index in [9.17, 15) is 24.9 Å². The van der Waals surface area contributed by atoms with Crippen molar-refractivity contribution < 1.29 is 29.6 Å². The summed E-state index contributed by atoms with van der Waals surface area (Å²) in [6.45, 7) is 4.19. The van der Waals surface area contributed by atoms with Gasteiger partial charge in [0.25, 0.3) is 0 Å². The summed E-state index contributed by atoms with van der Waals surface area (Å²) < 4.78 is 5.47. The van der Waals surface area contributed by atoms with Gasteiger partial charge < -0.3 is 20.1 Å². The predicted molar refractivity (Wildman–Crippen MR) is 335 cm³/mol. The van der Waals surface area contributed by atoms with Crippen LogP contribution in [0, 0.1) is 0 Å². The van der Waals surface area contributed by atoms with Gasteiger partial charge in [0.15, 0.2) is 34.9 Å². The van der Waals surface area contributed by atoms with Crippen LogP contribution in [0.2, 0.25) is 0 Å². The number of hydrogen-bond acceptors (Lipinski definition) is 12. The first-order chi connectivity index (χ1) is 40.5. The SMILES string of the molecule is C.CCCCCC(=O)Cl.CCCCCC(=O)Oc1ccc(-c2nc(-c3ccc4c(c3)CCCC4)nc(-c3ccc4c(c3)CCCC4)n2)c(O)c1.Oc1ccc(-c2nc(-c3ccc4c(c3)CCCC4)nc(-c3ccc4c(c3)CCCC4)n2)c(O)c1. The summed E-state index contributed by atoms with van der Waals surface area (Å²) in [4.78, 5) is 51.4. The number of esters is 1. The van der Waals surface area contributed by atoms with E-state index in [0.29, 0.717) is 64.7 Å². The zero-order valence-electron chi connectivity index (χ0n) is 48.0. The molecule has 0 amide bonds. The Bertz CT molecular complexity index is 3460. The van der Waals surface area contributed by atoms with Crippen molar-refractivity contribution >= 4 is 22.8 Å². The fraction of sp³-hybridized carbons (Fsp3) is 0.380. The third-order valence-electron chi connectivity index (χ3n) is 16.3. The van der Waals surface area contributed by atoms with Crippen LogP contribution in [0.15, 0.2) is 109 Å². The summed E-state index contributed by atoms with van der Waals surface area (Å²) in [6, 6.07) is 35.4. The van der Waals surface area contributed by atoms with Gasteiger partial charge >= 0.3 is 5.97 Å². The molecule has 0 saturated carbocycles. The number of aryl methyl sites for hydroxylation is 8. The number of fused-ring (bicyclic) bond motifs is 4. The van der Waals surface area contributed by atoms with Crippen molar-refractivity contribution in [3.63, 3.8) is 0 Å². The van der Waals surface area contributed by atoms with Crippen molar-refractivity contribution in [2.75, 3.05) is 0 Å². The van der Waals surface area contributed by atoms with Gasteiger partial charge in [0.05, 0.1) is 11.1 Å². The number of aromatic hydroxyl groups is 3. The number of unbranched alkanes of at least 4 members (excludes halogenated alkanes) is 4. The Hall–Kier alpha value is -7.83. The Kier molecular flexibility index (Phi) is 21.1. The lowest BCUT2D eigenvalue weighted by Gasteiger charge is -2.18. The minimum Gasteiger partial charge on any atom is -0.508 e. The molecule has 0 aliphatic heterocycles. The Morgan fingerprint density at radius 1 is 0.405 bits per heavy atom. The van der Waals surface area contributed by atoms with Crippen LogP contribution in [0.5, 0.6) is 23.0 Å². The molecule has 2 heterocycles. The summed E-state index contributed by atoms with van der Waals surface area (Å²) in [5.41, 5.74) is 15.9. The lowest BCUT2D eigenvalue weighted by molar-refractivity contribution is -0.134. The van der Waals surface area contributed by atoms with Gasteiger partial charge in [-0.05, 0) is 220 Å². The fourth-order valence-corrected chi connectivity index (χ4v) is 11.8. The second kappa shape index (κ2) is 29.1. The molecule has 13 heteroatoms. The quantitative estimate of drug-likeness (QED) is 0.0383. The molecular weight excluding hydrogens is 1070 g/mol. The molecule has 436 valence electrons. The predicted octanol–water partition coefficient (Wildman–Crippen LogP) is 16.8. The van der Waals surface area contributed by atoms with Gasteiger partial charge in [-0.3, -0.25) is 9.59 Å². The number of halogens is 1. The highest BCUT2D eigenvalue weighted by molar-refractivity contribution is 6.63. The Morgan fingerprint density at radius 3 is 1.08 bits per heavy atom. The van der Waals surface area contributed by atoms with Crippen LogP contribution < -0.4 is 4.74 Å². The summed E-state index contributed by atoms with van der Waals surface area (Å²) in [5, 5.41) is 31.1. The van der Waals surface area contributed by atoms with E-state index in [1.54, 1.807) is 18.2 Å². The molecule has 12 rings (SSSR count). The van der Waals surface area contributed by atoms with Crippen molar-refractivity contribution in [2.24, 2.45) is 0 Å². The number of phenols is 3. The fourth-order valence-electron chi connectivity index (χ4n) is 11.7. The molecule has 2 aromatic heterocycles. The van der Waals surface area contributed by atoms with Crippen molar-refractivity contribution in [3.05, 3.63) is 154 Å². The van der Waals surface area contributed by atoms with Gasteiger partial charge in [0.2, 0.25) is 5.24 Å². The molecule has 0 bridgehead atoms. The molecule has 0 radical (unpaired) electrons.